The molecule has 1 aliphatic rings. The standard InChI is InChI=1S/C12H15F2NS/c1-15-12(8-4-5-16-7-8)10-6-9(13)2-3-11(10)14/h2-3,6,8,12,15H,4-5,7H2,1H3. The lowest BCUT2D eigenvalue weighted by Gasteiger charge is -2.23. The molecule has 2 rings (SSSR count). The molecule has 0 radical (unpaired) electrons. The van der Waals surface area contributed by atoms with Gasteiger partial charge in [0.2, 0.25) is 0 Å². The van der Waals surface area contributed by atoms with Crippen molar-refractivity contribution >= 4 is 11.8 Å². The molecule has 1 aliphatic heterocycles. The van der Waals surface area contributed by atoms with Gasteiger partial charge in [-0.2, -0.15) is 11.8 Å². The van der Waals surface area contributed by atoms with E-state index in [1.54, 1.807) is 7.05 Å². The zero-order valence-corrected chi connectivity index (χ0v) is 9.99. The van der Waals surface area contributed by atoms with Gasteiger partial charge in [-0.3, -0.25) is 0 Å². The Morgan fingerprint density at radius 3 is 2.88 bits per heavy atom. The summed E-state index contributed by atoms with van der Waals surface area (Å²) in [7, 11) is 1.80. The molecular formula is C12H15F2NS. The van der Waals surface area contributed by atoms with Crippen molar-refractivity contribution in [3.63, 3.8) is 0 Å². The molecule has 0 aromatic heterocycles. The van der Waals surface area contributed by atoms with E-state index in [9.17, 15) is 8.78 Å². The van der Waals surface area contributed by atoms with Gasteiger partial charge >= 0.3 is 0 Å². The summed E-state index contributed by atoms with van der Waals surface area (Å²) < 4.78 is 26.8. The van der Waals surface area contributed by atoms with Gasteiger partial charge in [0.25, 0.3) is 0 Å². The van der Waals surface area contributed by atoms with Crippen molar-refractivity contribution in [1.82, 2.24) is 5.32 Å². The number of hydrogen-bond donors (Lipinski definition) is 1. The lowest BCUT2D eigenvalue weighted by atomic mass is 9.92. The van der Waals surface area contributed by atoms with Gasteiger partial charge in [-0.25, -0.2) is 8.78 Å². The number of hydrogen-bond acceptors (Lipinski definition) is 2. The predicted molar refractivity (Wildman–Crippen MR) is 63.6 cm³/mol. The van der Waals surface area contributed by atoms with Gasteiger partial charge in [0.1, 0.15) is 11.6 Å². The second-order valence-electron chi connectivity index (χ2n) is 4.06. The fraction of sp³-hybridized carbons (Fsp3) is 0.500. The molecule has 0 bridgehead atoms. The van der Waals surface area contributed by atoms with Crippen LogP contribution in [-0.4, -0.2) is 18.6 Å². The minimum atomic E-state index is -0.373. The lowest BCUT2D eigenvalue weighted by molar-refractivity contribution is 0.402. The van der Waals surface area contributed by atoms with E-state index in [0.717, 1.165) is 24.0 Å². The van der Waals surface area contributed by atoms with E-state index < -0.39 is 0 Å². The summed E-state index contributed by atoms with van der Waals surface area (Å²) in [6.07, 6.45) is 1.06. The Balaban J connectivity index is 2.28. The summed E-state index contributed by atoms with van der Waals surface area (Å²) in [5.41, 5.74) is 0.454. The van der Waals surface area contributed by atoms with E-state index in [1.165, 1.54) is 12.1 Å². The van der Waals surface area contributed by atoms with E-state index in [-0.39, 0.29) is 17.7 Å². The van der Waals surface area contributed by atoms with Crippen molar-refractivity contribution in [2.75, 3.05) is 18.6 Å². The number of nitrogens with one attached hydrogen (secondary N) is 1. The van der Waals surface area contributed by atoms with E-state index in [0.29, 0.717) is 11.5 Å². The summed E-state index contributed by atoms with van der Waals surface area (Å²) in [4.78, 5) is 0. The SMILES string of the molecule is CNC(c1cc(F)ccc1F)C1CCSC1. The second kappa shape index (κ2) is 5.15. The fourth-order valence-corrected chi connectivity index (χ4v) is 3.51. The summed E-state index contributed by atoms with van der Waals surface area (Å²) in [6.45, 7) is 0. The first kappa shape index (κ1) is 11.9. The third-order valence-corrected chi connectivity index (χ3v) is 4.23. The molecule has 1 aromatic carbocycles. The minimum Gasteiger partial charge on any atom is -0.313 e. The van der Waals surface area contributed by atoms with Crippen molar-refractivity contribution in [2.45, 2.75) is 12.5 Å². The minimum absolute atomic E-state index is 0.0781. The van der Waals surface area contributed by atoms with Gasteiger partial charge in [0, 0.05) is 11.6 Å². The Hall–Kier alpha value is -0.610. The maximum Gasteiger partial charge on any atom is 0.128 e. The third kappa shape index (κ3) is 2.38. The molecule has 1 heterocycles. The molecule has 1 fully saturated rings. The van der Waals surface area contributed by atoms with Crippen molar-refractivity contribution in [3.8, 4) is 0 Å². The molecule has 1 nitrogen and oxygen atoms in total. The van der Waals surface area contributed by atoms with Crippen molar-refractivity contribution in [1.29, 1.82) is 0 Å². The molecule has 0 saturated carbocycles. The van der Waals surface area contributed by atoms with E-state index in [1.807, 2.05) is 11.8 Å². The molecule has 0 aliphatic carbocycles. The van der Waals surface area contributed by atoms with Crippen molar-refractivity contribution < 1.29 is 8.78 Å². The first-order chi connectivity index (χ1) is 7.72. The molecule has 4 heteroatoms. The number of benzene rings is 1. The quantitative estimate of drug-likeness (QED) is 0.876. The Morgan fingerprint density at radius 2 is 2.25 bits per heavy atom. The van der Waals surface area contributed by atoms with Crippen LogP contribution in [0, 0.1) is 17.6 Å². The summed E-state index contributed by atoms with van der Waals surface area (Å²) in [5.74, 6) is 1.83. The molecule has 2 atom stereocenters. The van der Waals surface area contributed by atoms with Gasteiger partial charge in [0.05, 0.1) is 0 Å². The zero-order valence-electron chi connectivity index (χ0n) is 9.17. The molecule has 16 heavy (non-hydrogen) atoms. The summed E-state index contributed by atoms with van der Waals surface area (Å²) in [6, 6.07) is 3.59. The molecule has 1 aromatic rings. The largest absolute Gasteiger partial charge is 0.313 e. The Bertz CT molecular complexity index is 364. The lowest BCUT2D eigenvalue weighted by Crippen LogP contribution is -2.26. The maximum absolute atomic E-state index is 13.6. The first-order valence-corrected chi connectivity index (χ1v) is 6.58. The highest BCUT2D eigenvalue weighted by Gasteiger charge is 2.27. The van der Waals surface area contributed by atoms with E-state index >= 15 is 0 Å². The molecule has 2 unspecified atom stereocenters. The maximum atomic E-state index is 13.6. The van der Waals surface area contributed by atoms with Gasteiger partial charge < -0.3 is 5.32 Å². The molecule has 1 saturated heterocycles. The zero-order chi connectivity index (χ0) is 11.5. The smallest absolute Gasteiger partial charge is 0.128 e. The topological polar surface area (TPSA) is 12.0 Å². The van der Waals surface area contributed by atoms with Crippen LogP contribution < -0.4 is 5.32 Å². The van der Waals surface area contributed by atoms with Crippen LogP contribution in [0.1, 0.15) is 18.0 Å². The van der Waals surface area contributed by atoms with Crippen LogP contribution in [0.2, 0.25) is 0 Å². The van der Waals surface area contributed by atoms with Crippen LogP contribution in [0.3, 0.4) is 0 Å². The van der Waals surface area contributed by atoms with Crippen molar-refractivity contribution in [2.24, 2.45) is 5.92 Å². The van der Waals surface area contributed by atoms with Crippen LogP contribution >= 0.6 is 11.8 Å². The Kier molecular flexibility index (Phi) is 3.82. The Morgan fingerprint density at radius 1 is 1.44 bits per heavy atom. The highest BCUT2D eigenvalue weighted by atomic mass is 32.2. The van der Waals surface area contributed by atoms with E-state index in [2.05, 4.69) is 5.32 Å². The number of rotatable bonds is 3. The van der Waals surface area contributed by atoms with Gasteiger partial charge in [-0.1, -0.05) is 0 Å². The second-order valence-corrected chi connectivity index (χ2v) is 5.21. The average molecular weight is 243 g/mol. The normalized spacial score (nSPS) is 22.3. The van der Waals surface area contributed by atoms with Crippen LogP contribution in [-0.2, 0) is 0 Å². The van der Waals surface area contributed by atoms with Crippen LogP contribution in [0.15, 0.2) is 18.2 Å². The summed E-state index contributed by atoms with van der Waals surface area (Å²) in [5, 5.41) is 3.11. The molecule has 88 valence electrons. The van der Waals surface area contributed by atoms with E-state index in [4.69, 9.17) is 0 Å². The third-order valence-electron chi connectivity index (χ3n) is 3.04. The molecule has 1 N–H and O–H groups in total. The van der Waals surface area contributed by atoms with Crippen LogP contribution in [0.5, 0.6) is 0 Å². The van der Waals surface area contributed by atoms with Crippen LogP contribution in [0.4, 0.5) is 8.78 Å². The highest BCUT2D eigenvalue weighted by molar-refractivity contribution is 7.99. The first-order valence-electron chi connectivity index (χ1n) is 5.42. The summed E-state index contributed by atoms with van der Waals surface area (Å²) >= 11 is 1.87. The van der Waals surface area contributed by atoms with Gasteiger partial charge in [-0.15, -0.1) is 0 Å². The van der Waals surface area contributed by atoms with Crippen LogP contribution in [0.25, 0.3) is 0 Å². The number of halogens is 2. The van der Waals surface area contributed by atoms with Gasteiger partial charge in [-0.05, 0) is 49.1 Å². The predicted octanol–water partition coefficient (Wildman–Crippen LogP) is 2.98. The molecule has 0 amide bonds. The number of thioether (sulfide) groups is 1. The molecular weight excluding hydrogens is 228 g/mol. The molecule has 0 spiro atoms. The highest BCUT2D eigenvalue weighted by Crippen LogP contribution is 2.35. The monoisotopic (exact) mass is 243 g/mol. The van der Waals surface area contributed by atoms with Crippen molar-refractivity contribution in [3.05, 3.63) is 35.4 Å². The fourth-order valence-electron chi connectivity index (χ4n) is 2.21. The van der Waals surface area contributed by atoms with Gasteiger partial charge in [0.15, 0.2) is 0 Å². The Labute approximate surface area is 98.6 Å². The average Bonchev–Trinajstić information content (AvgIpc) is 2.78.